The predicted molar refractivity (Wildman–Crippen MR) is 76.7 cm³/mol. The van der Waals surface area contributed by atoms with Crippen molar-refractivity contribution in [3.63, 3.8) is 0 Å². The fraction of sp³-hybridized carbons (Fsp3) is 0.188. The third kappa shape index (κ3) is 1.24. The van der Waals surface area contributed by atoms with Crippen molar-refractivity contribution in [1.29, 1.82) is 0 Å². The topological polar surface area (TPSA) is 17.1 Å². The lowest BCUT2D eigenvalue weighted by molar-refractivity contribution is 0.0990. The predicted octanol–water partition coefficient (Wildman–Crippen LogP) is 4.74. The average Bonchev–Trinajstić information content (AvgIpc) is 2.86. The van der Waals surface area contributed by atoms with E-state index in [-0.39, 0.29) is 0 Å². The molecule has 0 aliphatic heterocycles. The third-order valence-electron chi connectivity index (χ3n) is 3.87. The minimum atomic E-state index is 0.303. The Hall–Kier alpha value is -1.67. The molecule has 2 heteroatoms. The molecule has 18 heavy (non-hydrogen) atoms. The lowest BCUT2D eigenvalue weighted by Gasteiger charge is -2.03. The number of hydrogen-bond donors (Lipinski definition) is 0. The summed E-state index contributed by atoms with van der Waals surface area (Å²) in [5.74, 6) is 0.674. The number of benzene rings is 2. The lowest BCUT2D eigenvalue weighted by atomic mass is 10.0. The Morgan fingerprint density at radius 3 is 2.83 bits per heavy atom. The zero-order valence-corrected chi connectivity index (χ0v) is 10.9. The number of rotatable bonds is 0. The van der Waals surface area contributed by atoms with Crippen molar-refractivity contribution in [2.45, 2.75) is 19.3 Å². The summed E-state index contributed by atoms with van der Waals surface area (Å²) in [6, 6.07) is 12.8. The van der Waals surface area contributed by atoms with E-state index in [9.17, 15) is 4.79 Å². The molecule has 0 saturated carbocycles. The van der Waals surface area contributed by atoms with E-state index in [0.717, 1.165) is 5.56 Å². The van der Waals surface area contributed by atoms with Gasteiger partial charge in [-0.1, -0.05) is 25.1 Å². The first-order chi connectivity index (χ1) is 8.74. The smallest absolute Gasteiger partial charge is 0.163 e. The van der Waals surface area contributed by atoms with Gasteiger partial charge in [0.25, 0.3) is 0 Å². The van der Waals surface area contributed by atoms with Gasteiger partial charge in [0.1, 0.15) is 0 Å². The Morgan fingerprint density at radius 2 is 1.94 bits per heavy atom. The van der Waals surface area contributed by atoms with Crippen LogP contribution < -0.4 is 0 Å². The normalized spacial score (nSPS) is 18.7. The standard InChI is InChI=1S/C16H12OS/c1-9-6-14(17)12-8-16-13(7-11(9)12)10-4-2-3-5-15(10)18-16/h2-5,7-9H,6H2,1H3. The molecule has 1 nitrogen and oxygen atoms in total. The van der Waals surface area contributed by atoms with Gasteiger partial charge in [0, 0.05) is 32.2 Å². The highest BCUT2D eigenvalue weighted by Gasteiger charge is 2.27. The molecule has 3 aromatic rings. The summed E-state index contributed by atoms with van der Waals surface area (Å²) >= 11 is 1.78. The number of ketones is 1. The number of fused-ring (bicyclic) bond motifs is 4. The van der Waals surface area contributed by atoms with Crippen LogP contribution >= 0.6 is 11.3 Å². The van der Waals surface area contributed by atoms with Crippen molar-refractivity contribution in [2.24, 2.45) is 0 Å². The highest BCUT2D eigenvalue weighted by Crippen LogP contribution is 2.40. The first-order valence-corrected chi connectivity index (χ1v) is 7.04. The maximum atomic E-state index is 11.9. The van der Waals surface area contributed by atoms with Gasteiger partial charge in [-0.25, -0.2) is 0 Å². The largest absolute Gasteiger partial charge is 0.294 e. The molecule has 0 N–H and O–H groups in total. The summed E-state index contributed by atoms with van der Waals surface area (Å²) in [6.07, 6.45) is 0.671. The first-order valence-electron chi connectivity index (χ1n) is 6.22. The third-order valence-corrected chi connectivity index (χ3v) is 5.01. The van der Waals surface area contributed by atoms with Crippen LogP contribution in [0.1, 0.15) is 35.2 Å². The molecular weight excluding hydrogens is 240 g/mol. The van der Waals surface area contributed by atoms with Gasteiger partial charge >= 0.3 is 0 Å². The number of Topliss-reactive ketones (excluding diaryl/α,β-unsaturated/α-hetero) is 1. The second-order valence-corrected chi connectivity index (χ2v) is 6.15. The number of hydrogen-bond acceptors (Lipinski definition) is 2. The fourth-order valence-electron chi connectivity index (χ4n) is 2.94. The van der Waals surface area contributed by atoms with E-state index >= 15 is 0 Å². The number of thiophene rings is 1. The molecule has 1 aliphatic carbocycles. The van der Waals surface area contributed by atoms with Crippen LogP contribution in [0.3, 0.4) is 0 Å². The van der Waals surface area contributed by atoms with Gasteiger partial charge in [0.05, 0.1) is 0 Å². The molecule has 0 amide bonds. The minimum Gasteiger partial charge on any atom is -0.294 e. The van der Waals surface area contributed by atoms with Crippen LogP contribution in [0.4, 0.5) is 0 Å². The van der Waals surface area contributed by atoms with Gasteiger partial charge < -0.3 is 0 Å². The molecule has 4 rings (SSSR count). The molecule has 88 valence electrons. The van der Waals surface area contributed by atoms with Gasteiger partial charge in [-0.2, -0.15) is 0 Å². The molecular formula is C16H12OS. The van der Waals surface area contributed by atoms with E-state index in [4.69, 9.17) is 0 Å². The second-order valence-electron chi connectivity index (χ2n) is 5.06. The van der Waals surface area contributed by atoms with E-state index < -0.39 is 0 Å². The summed E-state index contributed by atoms with van der Waals surface area (Å²) in [6.45, 7) is 2.14. The molecule has 0 radical (unpaired) electrons. The van der Waals surface area contributed by atoms with Crippen molar-refractivity contribution in [3.8, 4) is 0 Å². The van der Waals surface area contributed by atoms with Crippen LogP contribution in [-0.4, -0.2) is 5.78 Å². The zero-order valence-electron chi connectivity index (χ0n) is 10.1. The molecule has 0 bridgehead atoms. The van der Waals surface area contributed by atoms with Crippen LogP contribution in [0.2, 0.25) is 0 Å². The van der Waals surface area contributed by atoms with E-state index in [1.54, 1.807) is 11.3 Å². The lowest BCUT2D eigenvalue weighted by Crippen LogP contribution is -1.89. The highest BCUT2D eigenvalue weighted by atomic mass is 32.1. The van der Waals surface area contributed by atoms with Gasteiger partial charge in [-0.15, -0.1) is 11.3 Å². The molecule has 2 aromatic carbocycles. The molecule has 1 aliphatic rings. The van der Waals surface area contributed by atoms with Crippen molar-refractivity contribution in [1.82, 2.24) is 0 Å². The summed E-state index contributed by atoms with van der Waals surface area (Å²) in [4.78, 5) is 11.9. The fourth-order valence-corrected chi connectivity index (χ4v) is 4.06. The Bertz CT molecular complexity index is 797. The number of carbonyl (C=O) groups is 1. The molecule has 1 unspecified atom stereocenters. The molecule has 1 aromatic heterocycles. The summed E-state index contributed by atoms with van der Waals surface area (Å²) in [5.41, 5.74) is 2.18. The highest BCUT2D eigenvalue weighted by molar-refractivity contribution is 7.25. The van der Waals surface area contributed by atoms with Crippen molar-refractivity contribution >= 4 is 37.3 Å². The van der Waals surface area contributed by atoms with Crippen LogP contribution in [0.25, 0.3) is 20.2 Å². The van der Waals surface area contributed by atoms with E-state index in [1.165, 1.54) is 25.7 Å². The van der Waals surface area contributed by atoms with Crippen LogP contribution in [0.15, 0.2) is 36.4 Å². The Labute approximate surface area is 109 Å². The van der Waals surface area contributed by atoms with Crippen molar-refractivity contribution in [2.75, 3.05) is 0 Å². The Balaban J connectivity index is 2.16. The summed E-state index contributed by atoms with van der Waals surface area (Å²) < 4.78 is 2.54. The van der Waals surface area contributed by atoms with Gasteiger partial charge in [0.2, 0.25) is 0 Å². The maximum absolute atomic E-state index is 11.9. The quantitative estimate of drug-likeness (QED) is 0.564. The van der Waals surface area contributed by atoms with Crippen LogP contribution in [0.5, 0.6) is 0 Å². The molecule has 1 heterocycles. The van der Waals surface area contributed by atoms with Gasteiger partial charge in [-0.05, 0) is 29.7 Å². The van der Waals surface area contributed by atoms with Gasteiger partial charge in [-0.3, -0.25) is 4.79 Å². The summed E-state index contributed by atoms with van der Waals surface area (Å²) in [7, 11) is 0. The molecule has 0 fully saturated rings. The molecule has 1 atom stereocenters. The van der Waals surface area contributed by atoms with E-state index in [2.05, 4.69) is 43.3 Å². The number of carbonyl (C=O) groups excluding carboxylic acids is 1. The average molecular weight is 252 g/mol. The zero-order chi connectivity index (χ0) is 12.3. The van der Waals surface area contributed by atoms with Gasteiger partial charge in [0.15, 0.2) is 5.78 Å². The Kier molecular flexibility index (Phi) is 1.95. The summed E-state index contributed by atoms with van der Waals surface area (Å²) in [5, 5.41) is 2.61. The minimum absolute atomic E-state index is 0.303. The van der Waals surface area contributed by atoms with Crippen molar-refractivity contribution < 1.29 is 4.79 Å². The second kappa shape index (κ2) is 3.42. The first kappa shape index (κ1) is 10.3. The SMILES string of the molecule is CC1CC(=O)c2cc3sc4ccccc4c3cc21. The van der Waals surface area contributed by atoms with E-state index in [0.29, 0.717) is 18.1 Å². The molecule has 0 spiro atoms. The van der Waals surface area contributed by atoms with Crippen molar-refractivity contribution in [3.05, 3.63) is 47.5 Å². The van der Waals surface area contributed by atoms with Crippen LogP contribution in [-0.2, 0) is 0 Å². The monoisotopic (exact) mass is 252 g/mol. The Morgan fingerprint density at radius 1 is 1.11 bits per heavy atom. The molecule has 0 saturated heterocycles. The van der Waals surface area contributed by atoms with Crippen LogP contribution in [0, 0.1) is 0 Å². The van der Waals surface area contributed by atoms with E-state index in [1.807, 2.05) is 0 Å². The maximum Gasteiger partial charge on any atom is 0.163 e.